The van der Waals surface area contributed by atoms with Crippen molar-refractivity contribution < 1.29 is 19.1 Å². The van der Waals surface area contributed by atoms with E-state index in [1.165, 1.54) is 13.0 Å². The zero-order chi connectivity index (χ0) is 21.3. The fourth-order valence-electron chi connectivity index (χ4n) is 2.87. The summed E-state index contributed by atoms with van der Waals surface area (Å²) in [6.45, 7) is 1.85. The molecule has 3 aromatic carbocycles. The summed E-state index contributed by atoms with van der Waals surface area (Å²) >= 11 is 0. The number of benzene rings is 3. The topological polar surface area (TPSA) is 84.5 Å². The molecule has 3 aromatic rings. The van der Waals surface area contributed by atoms with E-state index < -0.39 is 5.97 Å². The Morgan fingerprint density at radius 2 is 1.30 bits per heavy atom. The van der Waals surface area contributed by atoms with Crippen molar-refractivity contribution in [1.29, 1.82) is 0 Å². The van der Waals surface area contributed by atoms with Crippen molar-refractivity contribution in [2.75, 3.05) is 13.1 Å². The maximum atomic E-state index is 12.3. The van der Waals surface area contributed by atoms with Crippen LogP contribution in [-0.2, 0) is 4.79 Å². The Kier molecular flexibility index (Phi) is 6.95. The molecule has 152 valence electrons. The Balaban J connectivity index is 1.46. The molecular weight excluding hydrogens is 380 g/mol. The van der Waals surface area contributed by atoms with Gasteiger partial charge >= 0.3 is 5.97 Å². The van der Waals surface area contributed by atoms with Crippen molar-refractivity contribution in [2.45, 2.75) is 6.92 Å². The van der Waals surface area contributed by atoms with E-state index >= 15 is 0 Å². The number of carbonyl (C=O) groups excluding carboxylic acids is 3. The van der Waals surface area contributed by atoms with Crippen LogP contribution in [0.3, 0.4) is 0 Å². The van der Waals surface area contributed by atoms with Crippen LogP contribution < -0.4 is 15.4 Å². The second-order valence-electron chi connectivity index (χ2n) is 6.58. The Labute approximate surface area is 174 Å². The van der Waals surface area contributed by atoms with Crippen LogP contribution in [0.2, 0.25) is 0 Å². The molecule has 0 fully saturated rings. The van der Waals surface area contributed by atoms with Gasteiger partial charge in [0.2, 0.25) is 0 Å². The summed E-state index contributed by atoms with van der Waals surface area (Å²) in [5.41, 5.74) is 3.05. The molecule has 2 amide bonds. The van der Waals surface area contributed by atoms with Gasteiger partial charge in [0.05, 0.1) is 0 Å². The second-order valence-corrected chi connectivity index (χ2v) is 6.58. The van der Waals surface area contributed by atoms with Crippen molar-refractivity contribution in [2.24, 2.45) is 0 Å². The summed E-state index contributed by atoms with van der Waals surface area (Å²) in [4.78, 5) is 35.5. The molecule has 0 radical (unpaired) electrons. The lowest BCUT2D eigenvalue weighted by atomic mass is 10.0. The Hall–Kier alpha value is -3.93. The van der Waals surface area contributed by atoms with Crippen molar-refractivity contribution in [3.05, 3.63) is 90.0 Å². The summed E-state index contributed by atoms with van der Waals surface area (Å²) in [6.07, 6.45) is 0. The van der Waals surface area contributed by atoms with E-state index in [-0.39, 0.29) is 24.9 Å². The highest BCUT2D eigenvalue weighted by atomic mass is 16.5. The third kappa shape index (κ3) is 5.78. The number of hydrogen-bond acceptors (Lipinski definition) is 4. The van der Waals surface area contributed by atoms with Gasteiger partial charge in [-0.05, 0) is 41.5 Å². The number of ether oxygens (including phenoxy) is 1. The molecule has 0 atom stereocenters. The number of nitrogens with one attached hydrogen (secondary N) is 2. The number of carbonyl (C=O) groups is 3. The normalized spacial score (nSPS) is 10.2. The minimum absolute atomic E-state index is 0.208. The summed E-state index contributed by atoms with van der Waals surface area (Å²) in [5.74, 6) is -0.666. The van der Waals surface area contributed by atoms with Crippen LogP contribution in [0.15, 0.2) is 78.9 Å². The number of rotatable bonds is 7. The predicted octanol–water partition coefficient (Wildman–Crippen LogP) is 3.44. The van der Waals surface area contributed by atoms with Crippen LogP contribution in [0.4, 0.5) is 0 Å². The summed E-state index contributed by atoms with van der Waals surface area (Å²) in [5, 5.41) is 5.50. The van der Waals surface area contributed by atoms with Gasteiger partial charge in [-0.25, -0.2) is 0 Å². The number of amides is 2. The fourth-order valence-corrected chi connectivity index (χ4v) is 2.87. The van der Waals surface area contributed by atoms with E-state index in [1.54, 1.807) is 30.3 Å². The summed E-state index contributed by atoms with van der Waals surface area (Å²) in [6, 6.07) is 23.6. The first-order chi connectivity index (χ1) is 14.5. The molecule has 0 spiro atoms. The molecular formula is C24H22N2O4. The maximum absolute atomic E-state index is 12.3. The largest absolute Gasteiger partial charge is 0.427 e. The lowest BCUT2D eigenvalue weighted by molar-refractivity contribution is -0.131. The van der Waals surface area contributed by atoms with Gasteiger partial charge in [0.25, 0.3) is 11.8 Å². The molecule has 0 aliphatic rings. The first-order valence-electron chi connectivity index (χ1n) is 9.53. The number of esters is 1. The van der Waals surface area contributed by atoms with Crippen LogP contribution in [-0.4, -0.2) is 30.9 Å². The zero-order valence-electron chi connectivity index (χ0n) is 16.6. The van der Waals surface area contributed by atoms with E-state index in [0.717, 1.165) is 11.1 Å². The van der Waals surface area contributed by atoms with Gasteiger partial charge in [-0.2, -0.15) is 0 Å². The van der Waals surface area contributed by atoms with Gasteiger partial charge in [-0.15, -0.1) is 0 Å². The van der Waals surface area contributed by atoms with E-state index in [4.69, 9.17) is 4.74 Å². The van der Waals surface area contributed by atoms with Gasteiger partial charge in [0.15, 0.2) is 0 Å². The highest BCUT2D eigenvalue weighted by molar-refractivity contribution is 5.95. The molecule has 0 saturated carbocycles. The predicted molar refractivity (Wildman–Crippen MR) is 114 cm³/mol. The summed E-state index contributed by atoms with van der Waals surface area (Å²) in [7, 11) is 0. The van der Waals surface area contributed by atoms with Crippen LogP contribution in [0, 0.1) is 0 Å². The van der Waals surface area contributed by atoms with Crippen LogP contribution >= 0.6 is 0 Å². The molecule has 2 N–H and O–H groups in total. The van der Waals surface area contributed by atoms with Gasteiger partial charge < -0.3 is 15.4 Å². The number of hydrogen-bond donors (Lipinski definition) is 2. The highest BCUT2D eigenvalue weighted by Gasteiger charge is 2.09. The van der Waals surface area contributed by atoms with Crippen LogP contribution in [0.5, 0.6) is 5.75 Å². The smallest absolute Gasteiger partial charge is 0.308 e. The Morgan fingerprint density at radius 1 is 0.700 bits per heavy atom. The van der Waals surface area contributed by atoms with E-state index in [2.05, 4.69) is 10.6 Å². The molecule has 0 aliphatic carbocycles. The van der Waals surface area contributed by atoms with Crippen molar-refractivity contribution in [1.82, 2.24) is 10.6 Å². The fraction of sp³-hybridized carbons (Fsp3) is 0.125. The van der Waals surface area contributed by atoms with Gasteiger partial charge in [-0.3, -0.25) is 14.4 Å². The minimum Gasteiger partial charge on any atom is -0.427 e. The second kappa shape index (κ2) is 10.0. The molecule has 0 aliphatic heterocycles. The molecule has 0 saturated heterocycles. The van der Waals surface area contributed by atoms with Gasteiger partial charge in [0, 0.05) is 31.1 Å². The van der Waals surface area contributed by atoms with Gasteiger partial charge in [0.1, 0.15) is 5.75 Å². The first-order valence-corrected chi connectivity index (χ1v) is 9.53. The Morgan fingerprint density at radius 3 is 1.93 bits per heavy atom. The van der Waals surface area contributed by atoms with Crippen molar-refractivity contribution in [3.63, 3.8) is 0 Å². The maximum Gasteiger partial charge on any atom is 0.308 e. The minimum atomic E-state index is -0.452. The quantitative estimate of drug-likeness (QED) is 0.360. The average Bonchev–Trinajstić information content (AvgIpc) is 2.77. The molecule has 6 nitrogen and oxygen atoms in total. The monoisotopic (exact) mass is 402 g/mol. The molecule has 6 heteroatoms. The Bertz CT molecular complexity index is 1030. The molecule has 0 bridgehead atoms. The van der Waals surface area contributed by atoms with E-state index in [1.807, 2.05) is 42.5 Å². The summed E-state index contributed by atoms with van der Waals surface area (Å²) < 4.78 is 4.97. The van der Waals surface area contributed by atoms with Crippen molar-refractivity contribution in [3.8, 4) is 16.9 Å². The zero-order valence-corrected chi connectivity index (χ0v) is 16.6. The molecule has 3 rings (SSSR count). The first kappa shape index (κ1) is 20.8. The molecule has 0 heterocycles. The lowest BCUT2D eigenvalue weighted by Gasteiger charge is -2.09. The van der Waals surface area contributed by atoms with Crippen molar-refractivity contribution >= 4 is 17.8 Å². The third-order valence-electron chi connectivity index (χ3n) is 4.31. The van der Waals surface area contributed by atoms with Crippen LogP contribution in [0.1, 0.15) is 27.6 Å². The third-order valence-corrected chi connectivity index (χ3v) is 4.31. The standard InChI is InChI=1S/C24H22N2O4/c1-17(27)30-22-9-5-8-21(16-22)24(29)26-15-14-25-23(28)20-12-10-19(11-13-20)18-6-3-2-4-7-18/h2-13,16H,14-15H2,1H3,(H,25,28)(H,26,29). The lowest BCUT2D eigenvalue weighted by Crippen LogP contribution is -2.34. The molecule has 30 heavy (non-hydrogen) atoms. The van der Waals surface area contributed by atoms with E-state index in [0.29, 0.717) is 16.9 Å². The van der Waals surface area contributed by atoms with Gasteiger partial charge in [-0.1, -0.05) is 48.5 Å². The average molecular weight is 402 g/mol. The molecule has 0 aromatic heterocycles. The SMILES string of the molecule is CC(=O)Oc1cccc(C(=O)NCCNC(=O)c2ccc(-c3ccccc3)cc2)c1. The highest BCUT2D eigenvalue weighted by Crippen LogP contribution is 2.19. The van der Waals surface area contributed by atoms with Crippen LogP contribution in [0.25, 0.3) is 11.1 Å². The molecule has 0 unspecified atom stereocenters. The van der Waals surface area contributed by atoms with E-state index in [9.17, 15) is 14.4 Å².